The molecule has 1 aliphatic rings. The van der Waals surface area contributed by atoms with Crippen LogP contribution in [0.3, 0.4) is 0 Å². The van der Waals surface area contributed by atoms with Crippen LogP contribution in [0, 0.1) is 0 Å². The van der Waals surface area contributed by atoms with Gasteiger partial charge in [0.2, 0.25) is 0 Å². The van der Waals surface area contributed by atoms with E-state index in [1.807, 2.05) is 20.8 Å². The van der Waals surface area contributed by atoms with E-state index in [-0.39, 0.29) is 6.04 Å². The van der Waals surface area contributed by atoms with Crippen molar-refractivity contribution in [2.75, 3.05) is 26.3 Å². The van der Waals surface area contributed by atoms with Gasteiger partial charge in [-0.15, -0.1) is 0 Å². The quantitative estimate of drug-likeness (QED) is 0.420. The first kappa shape index (κ1) is 22.0. The van der Waals surface area contributed by atoms with Crippen molar-refractivity contribution in [1.29, 1.82) is 0 Å². The standard InChI is InChI=1S/C17H32N2O6/c1-4-17(5-2,14-8-7-9-18(14)6-3)19(15(24)12(22)10-20)16(25)13(23)11-21/h12-14,20-23H,4-11H2,1-3H3. The number of aliphatic hydroxyl groups excluding tert-OH is 4. The fraction of sp³-hybridized carbons (Fsp3) is 0.882. The minimum absolute atomic E-state index is 0.0998. The molecule has 3 unspecified atom stereocenters. The highest BCUT2D eigenvalue weighted by Crippen LogP contribution is 2.37. The summed E-state index contributed by atoms with van der Waals surface area (Å²) >= 11 is 0. The molecule has 0 aromatic carbocycles. The van der Waals surface area contributed by atoms with Gasteiger partial charge in [0.05, 0.1) is 18.8 Å². The maximum atomic E-state index is 12.7. The van der Waals surface area contributed by atoms with E-state index >= 15 is 0 Å². The summed E-state index contributed by atoms with van der Waals surface area (Å²) in [5.41, 5.74) is -0.924. The van der Waals surface area contributed by atoms with Gasteiger partial charge in [0, 0.05) is 6.04 Å². The first-order valence-electron chi connectivity index (χ1n) is 9.04. The van der Waals surface area contributed by atoms with Crippen LogP contribution >= 0.6 is 0 Å². The summed E-state index contributed by atoms with van der Waals surface area (Å²) < 4.78 is 0. The number of carbonyl (C=O) groups excluding carboxylic acids is 2. The Morgan fingerprint density at radius 3 is 1.92 bits per heavy atom. The molecule has 146 valence electrons. The number of nitrogens with zero attached hydrogens (tertiary/aromatic N) is 2. The topological polar surface area (TPSA) is 122 Å². The number of hydrogen-bond acceptors (Lipinski definition) is 7. The van der Waals surface area contributed by atoms with E-state index in [9.17, 15) is 30.0 Å². The first-order chi connectivity index (χ1) is 11.8. The molecule has 1 heterocycles. The van der Waals surface area contributed by atoms with Crippen molar-refractivity contribution in [2.45, 2.75) is 70.2 Å². The minimum atomic E-state index is -1.75. The summed E-state index contributed by atoms with van der Waals surface area (Å²) in [4.78, 5) is 28.6. The fourth-order valence-corrected chi connectivity index (χ4v) is 4.00. The number of carbonyl (C=O) groups is 2. The van der Waals surface area contributed by atoms with Gasteiger partial charge < -0.3 is 20.4 Å². The van der Waals surface area contributed by atoms with E-state index in [0.29, 0.717) is 12.8 Å². The summed E-state index contributed by atoms with van der Waals surface area (Å²) in [6.45, 7) is 5.71. The smallest absolute Gasteiger partial charge is 0.261 e. The number of imide groups is 1. The molecule has 8 nitrogen and oxygen atoms in total. The van der Waals surface area contributed by atoms with Crippen molar-refractivity contribution in [3.05, 3.63) is 0 Å². The zero-order valence-electron chi connectivity index (χ0n) is 15.4. The third kappa shape index (κ3) is 4.20. The van der Waals surface area contributed by atoms with Gasteiger partial charge >= 0.3 is 0 Å². The van der Waals surface area contributed by atoms with Gasteiger partial charge in [0.25, 0.3) is 11.8 Å². The average molecular weight is 360 g/mol. The molecule has 8 heteroatoms. The van der Waals surface area contributed by atoms with Crippen molar-refractivity contribution >= 4 is 11.8 Å². The summed E-state index contributed by atoms with van der Waals surface area (Å²) in [5, 5.41) is 38.1. The summed E-state index contributed by atoms with van der Waals surface area (Å²) in [6.07, 6.45) is -0.886. The summed E-state index contributed by atoms with van der Waals surface area (Å²) in [6, 6.07) is -0.0998. The molecule has 0 aliphatic carbocycles. The van der Waals surface area contributed by atoms with Gasteiger partial charge in [-0.1, -0.05) is 20.8 Å². The Balaban J connectivity index is 3.43. The molecule has 0 aromatic rings. The van der Waals surface area contributed by atoms with Crippen molar-refractivity contribution in [3.63, 3.8) is 0 Å². The lowest BCUT2D eigenvalue weighted by Gasteiger charge is -2.49. The number of hydrogen-bond donors (Lipinski definition) is 4. The number of likely N-dealkylation sites (N-methyl/N-ethyl adjacent to an activating group) is 1. The lowest BCUT2D eigenvalue weighted by atomic mass is 9.80. The molecule has 0 bridgehead atoms. The normalized spacial score (nSPS) is 21.2. The van der Waals surface area contributed by atoms with Gasteiger partial charge in [-0.3, -0.25) is 19.4 Å². The zero-order chi connectivity index (χ0) is 19.2. The maximum Gasteiger partial charge on any atom is 0.261 e. The Morgan fingerprint density at radius 2 is 1.56 bits per heavy atom. The molecule has 25 heavy (non-hydrogen) atoms. The van der Waals surface area contributed by atoms with Gasteiger partial charge in [-0.05, 0) is 38.8 Å². The number of aliphatic hydroxyl groups is 4. The molecule has 0 saturated carbocycles. The van der Waals surface area contributed by atoms with Gasteiger partial charge in [-0.25, -0.2) is 0 Å². The maximum absolute atomic E-state index is 12.7. The molecule has 4 N–H and O–H groups in total. The first-order valence-corrected chi connectivity index (χ1v) is 9.04. The van der Waals surface area contributed by atoms with E-state index in [2.05, 4.69) is 4.90 Å². The second-order valence-corrected chi connectivity index (χ2v) is 6.51. The number of rotatable bonds is 9. The third-order valence-electron chi connectivity index (χ3n) is 5.42. The van der Waals surface area contributed by atoms with Crippen LogP contribution in [0.5, 0.6) is 0 Å². The lowest BCUT2D eigenvalue weighted by Crippen LogP contribution is -2.67. The fourth-order valence-electron chi connectivity index (χ4n) is 4.00. The van der Waals surface area contributed by atoms with Crippen LogP contribution in [0.15, 0.2) is 0 Å². The van der Waals surface area contributed by atoms with E-state index < -0.39 is 42.8 Å². The van der Waals surface area contributed by atoms with Crippen LogP contribution in [0.1, 0.15) is 46.5 Å². The number of amides is 2. The molecule has 3 atom stereocenters. The van der Waals surface area contributed by atoms with Crippen molar-refractivity contribution < 1.29 is 30.0 Å². The largest absolute Gasteiger partial charge is 0.393 e. The summed E-state index contributed by atoms with van der Waals surface area (Å²) in [7, 11) is 0. The molecule has 1 fully saturated rings. The highest BCUT2D eigenvalue weighted by Gasteiger charge is 2.51. The summed E-state index contributed by atoms with van der Waals surface area (Å²) in [5.74, 6) is -1.88. The number of likely N-dealkylation sites (tertiary alicyclic amines) is 1. The highest BCUT2D eigenvalue weighted by atomic mass is 16.3. The molecule has 1 rings (SSSR count). The van der Waals surface area contributed by atoms with Crippen LogP contribution < -0.4 is 0 Å². The second kappa shape index (κ2) is 9.59. The monoisotopic (exact) mass is 360 g/mol. The van der Waals surface area contributed by atoms with Crippen molar-refractivity contribution in [3.8, 4) is 0 Å². The Labute approximate surface area is 149 Å². The Morgan fingerprint density at radius 1 is 1.08 bits per heavy atom. The molecule has 0 spiro atoms. The average Bonchev–Trinajstić information content (AvgIpc) is 3.12. The second-order valence-electron chi connectivity index (χ2n) is 6.51. The van der Waals surface area contributed by atoms with Crippen molar-refractivity contribution in [2.24, 2.45) is 0 Å². The van der Waals surface area contributed by atoms with E-state index in [1.54, 1.807) is 0 Å². The molecule has 1 aliphatic heterocycles. The van der Waals surface area contributed by atoms with Gasteiger partial charge in [0.15, 0.2) is 12.2 Å². The predicted molar refractivity (Wildman–Crippen MR) is 91.6 cm³/mol. The van der Waals surface area contributed by atoms with Crippen LogP contribution in [0.2, 0.25) is 0 Å². The highest BCUT2D eigenvalue weighted by molar-refractivity contribution is 6.00. The Bertz CT molecular complexity index is 432. The molecule has 0 radical (unpaired) electrons. The molecule has 0 aromatic heterocycles. The SMILES string of the molecule is CCN1CCCC1C(CC)(CC)N(C(=O)C(O)CO)C(=O)C(O)CO. The zero-order valence-corrected chi connectivity index (χ0v) is 15.4. The lowest BCUT2D eigenvalue weighted by molar-refractivity contribution is -0.169. The Kier molecular flexibility index (Phi) is 8.43. The van der Waals surface area contributed by atoms with E-state index in [0.717, 1.165) is 30.8 Å². The third-order valence-corrected chi connectivity index (χ3v) is 5.42. The van der Waals surface area contributed by atoms with Crippen LogP contribution in [-0.2, 0) is 9.59 Å². The van der Waals surface area contributed by atoms with Crippen LogP contribution in [0.4, 0.5) is 0 Å². The molecule has 1 saturated heterocycles. The molecule has 2 amide bonds. The van der Waals surface area contributed by atoms with Crippen LogP contribution in [-0.4, -0.2) is 92.1 Å². The van der Waals surface area contributed by atoms with E-state index in [1.165, 1.54) is 0 Å². The Hall–Kier alpha value is -1.06. The van der Waals surface area contributed by atoms with Gasteiger partial charge in [-0.2, -0.15) is 0 Å². The molecular weight excluding hydrogens is 328 g/mol. The van der Waals surface area contributed by atoms with Gasteiger partial charge in [0.1, 0.15) is 0 Å². The van der Waals surface area contributed by atoms with Crippen LogP contribution in [0.25, 0.3) is 0 Å². The predicted octanol–water partition coefficient (Wildman–Crippen LogP) is -0.909. The molecular formula is C17H32N2O6. The van der Waals surface area contributed by atoms with E-state index in [4.69, 9.17) is 0 Å². The minimum Gasteiger partial charge on any atom is -0.393 e. The van der Waals surface area contributed by atoms with Crippen molar-refractivity contribution in [1.82, 2.24) is 9.80 Å².